The summed E-state index contributed by atoms with van der Waals surface area (Å²) < 4.78 is 33.9. The van der Waals surface area contributed by atoms with Gasteiger partial charge in [0.05, 0.1) is 32.9 Å². The molecule has 8 nitrogen and oxygen atoms in total. The first-order chi connectivity index (χ1) is 20.2. The maximum absolute atomic E-state index is 13.1. The van der Waals surface area contributed by atoms with Gasteiger partial charge in [0.1, 0.15) is 5.75 Å². The second-order valence-electron chi connectivity index (χ2n) is 8.87. The molecule has 0 spiro atoms. The summed E-state index contributed by atoms with van der Waals surface area (Å²) in [7, 11) is -4.00. The van der Waals surface area contributed by atoms with Crippen molar-refractivity contribution in [1.29, 1.82) is 0 Å². The van der Waals surface area contributed by atoms with Crippen molar-refractivity contribution in [2.45, 2.75) is 4.90 Å². The van der Waals surface area contributed by atoms with Gasteiger partial charge in [-0.25, -0.2) is 18.6 Å². The molecule has 0 aromatic heterocycles. The second kappa shape index (κ2) is 12.4. The van der Waals surface area contributed by atoms with E-state index in [9.17, 15) is 18.0 Å². The topological polar surface area (TPSA) is 114 Å². The number of para-hydroxylation sites is 1. The first-order valence-electron chi connectivity index (χ1n) is 12.4. The molecule has 5 aromatic rings. The average Bonchev–Trinajstić information content (AvgIpc) is 2.98. The number of anilines is 1. The number of carbonyl (C=O) groups excluding carboxylic acids is 2. The zero-order valence-electron chi connectivity index (χ0n) is 21.6. The minimum atomic E-state index is -4.00. The molecule has 0 aliphatic carbocycles. The van der Waals surface area contributed by atoms with Crippen LogP contribution in [0.4, 0.5) is 5.69 Å². The van der Waals surface area contributed by atoms with Gasteiger partial charge in [-0.05, 0) is 65.4 Å². The van der Waals surface area contributed by atoms with Gasteiger partial charge in [0, 0.05) is 10.6 Å². The zero-order valence-corrected chi connectivity index (χ0v) is 24.0. The number of rotatable bonds is 8. The number of hydrazone groups is 1. The third kappa shape index (κ3) is 6.44. The van der Waals surface area contributed by atoms with Crippen molar-refractivity contribution in [3.05, 3.63) is 136 Å². The van der Waals surface area contributed by atoms with Crippen LogP contribution in [0.1, 0.15) is 26.3 Å². The van der Waals surface area contributed by atoms with E-state index in [1.165, 1.54) is 42.6 Å². The molecule has 5 rings (SSSR count). The molecular formula is C31H21Cl2N3O5S. The number of halogens is 2. The first-order valence-corrected chi connectivity index (χ1v) is 14.7. The Morgan fingerprint density at radius 3 is 2.19 bits per heavy atom. The molecule has 0 unspecified atom stereocenters. The standard InChI is InChI=1S/C31H21Cl2N3O5S/c32-21-14-16-22(17-15-21)42(39,40)36-28-12-6-4-10-25(28)30(37)35-34-19-26-23-8-2-1-7-20(23)13-18-29(26)41-31(38)24-9-3-5-11-27(24)33/h1-19,36H,(H,35,37)/b34-19-. The normalized spacial score (nSPS) is 11.4. The lowest BCUT2D eigenvalue weighted by Crippen LogP contribution is -2.21. The molecule has 1 amide bonds. The molecule has 210 valence electrons. The predicted molar refractivity (Wildman–Crippen MR) is 164 cm³/mol. The number of benzene rings is 5. The van der Waals surface area contributed by atoms with Crippen molar-refractivity contribution in [3.63, 3.8) is 0 Å². The van der Waals surface area contributed by atoms with Crippen LogP contribution >= 0.6 is 23.2 Å². The second-order valence-corrected chi connectivity index (χ2v) is 11.4. The Balaban J connectivity index is 1.40. The minimum Gasteiger partial charge on any atom is -0.422 e. The summed E-state index contributed by atoms with van der Waals surface area (Å²) in [4.78, 5) is 26.0. The summed E-state index contributed by atoms with van der Waals surface area (Å²) >= 11 is 12.0. The Morgan fingerprint density at radius 2 is 1.43 bits per heavy atom. The lowest BCUT2D eigenvalue weighted by atomic mass is 10.0. The van der Waals surface area contributed by atoms with Crippen molar-refractivity contribution >= 4 is 67.8 Å². The number of esters is 1. The smallest absolute Gasteiger partial charge is 0.345 e. The fraction of sp³-hybridized carbons (Fsp3) is 0. The van der Waals surface area contributed by atoms with E-state index in [0.717, 1.165) is 10.8 Å². The van der Waals surface area contributed by atoms with E-state index >= 15 is 0 Å². The number of carbonyl (C=O) groups is 2. The van der Waals surface area contributed by atoms with Gasteiger partial charge < -0.3 is 4.74 Å². The Bertz CT molecular complexity index is 1940. The SMILES string of the molecule is O=C(Oc1ccc2ccccc2c1/C=N\NC(=O)c1ccccc1NS(=O)(=O)c1ccc(Cl)cc1)c1ccccc1Cl. The van der Waals surface area contributed by atoms with Crippen molar-refractivity contribution < 1.29 is 22.7 Å². The van der Waals surface area contributed by atoms with Crippen LogP contribution < -0.4 is 14.9 Å². The van der Waals surface area contributed by atoms with E-state index in [4.69, 9.17) is 27.9 Å². The summed E-state index contributed by atoms with van der Waals surface area (Å²) in [6.07, 6.45) is 1.36. The summed E-state index contributed by atoms with van der Waals surface area (Å²) in [6.45, 7) is 0. The van der Waals surface area contributed by atoms with Gasteiger partial charge in [0.25, 0.3) is 15.9 Å². The third-order valence-electron chi connectivity index (χ3n) is 6.13. The summed E-state index contributed by atoms with van der Waals surface area (Å²) in [6, 6.07) is 29.1. The highest BCUT2D eigenvalue weighted by atomic mass is 35.5. The number of ether oxygens (including phenoxy) is 1. The number of amides is 1. The molecule has 0 aliphatic rings. The summed E-state index contributed by atoms with van der Waals surface area (Å²) in [5.41, 5.74) is 3.15. The molecule has 0 saturated carbocycles. The van der Waals surface area contributed by atoms with Crippen molar-refractivity contribution in [1.82, 2.24) is 5.43 Å². The van der Waals surface area contributed by atoms with Gasteiger partial charge >= 0.3 is 5.97 Å². The van der Waals surface area contributed by atoms with E-state index in [1.807, 2.05) is 24.3 Å². The minimum absolute atomic E-state index is 0.0186. The highest BCUT2D eigenvalue weighted by Gasteiger charge is 2.19. The monoisotopic (exact) mass is 617 g/mol. The van der Waals surface area contributed by atoms with Crippen molar-refractivity contribution in [3.8, 4) is 5.75 Å². The highest BCUT2D eigenvalue weighted by molar-refractivity contribution is 7.92. The highest BCUT2D eigenvalue weighted by Crippen LogP contribution is 2.28. The summed E-state index contributed by atoms with van der Waals surface area (Å²) in [5.74, 6) is -1.13. The van der Waals surface area contributed by atoms with Crippen LogP contribution in [0.15, 0.2) is 119 Å². The van der Waals surface area contributed by atoms with E-state index in [0.29, 0.717) is 10.6 Å². The zero-order chi connectivity index (χ0) is 29.7. The molecule has 0 heterocycles. The lowest BCUT2D eigenvalue weighted by Gasteiger charge is -2.12. The molecule has 2 N–H and O–H groups in total. The van der Waals surface area contributed by atoms with Crippen LogP contribution in [0.25, 0.3) is 10.8 Å². The van der Waals surface area contributed by atoms with Crippen LogP contribution in [0.5, 0.6) is 5.75 Å². The number of nitrogens with one attached hydrogen (secondary N) is 2. The van der Waals surface area contributed by atoms with Crippen LogP contribution in [-0.4, -0.2) is 26.5 Å². The summed E-state index contributed by atoms with van der Waals surface area (Å²) in [5, 5.41) is 6.30. The van der Waals surface area contributed by atoms with Gasteiger partial charge in [-0.3, -0.25) is 9.52 Å². The van der Waals surface area contributed by atoms with Crippen LogP contribution in [0.3, 0.4) is 0 Å². The lowest BCUT2D eigenvalue weighted by molar-refractivity contribution is 0.0734. The Morgan fingerprint density at radius 1 is 0.762 bits per heavy atom. The van der Waals surface area contributed by atoms with Crippen molar-refractivity contribution in [2.24, 2.45) is 5.10 Å². The maximum atomic E-state index is 13.1. The maximum Gasteiger partial charge on any atom is 0.345 e. The van der Waals surface area contributed by atoms with Gasteiger partial charge in [0.15, 0.2) is 0 Å². The van der Waals surface area contributed by atoms with E-state index in [1.54, 1.807) is 48.5 Å². The molecule has 0 saturated heterocycles. The quantitative estimate of drug-likeness (QED) is 0.0848. The molecule has 42 heavy (non-hydrogen) atoms. The molecule has 11 heteroatoms. The van der Waals surface area contributed by atoms with E-state index in [-0.39, 0.29) is 32.5 Å². The van der Waals surface area contributed by atoms with Crippen LogP contribution in [-0.2, 0) is 10.0 Å². The fourth-order valence-corrected chi connectivity index (χ4v) is 5.50. The molecule has 0 fully saturated rings. The van der Waals surface area contributed by atoms with Gasteiger partial charge in [-0.1, -0.05) is 77.8 Å². The fourth-order valence-electron chi connectivity index (χ4n) is 4.08. The first kappa shape index (κ1) is 28.8. The molecule has 0 aliphatic heterocycles. The molecule has 0 bridgehead atoms. The van der Waals surface area contributed by atoms with Gasteiger partial charge in [0.2, 0.25) is 0 Å². The van der Waals surface area contributed by atoms with Gasteiger partial charge in [-0.15, -0.1) is 0 Å². The van der Waals surface area contributed by atoms with Crippen molar-refractivity contribution in [2.75, 3.05) is 4.72 Å². The van der Waals surface area contributed by atoms with Crippen LogP contribution in [0.2, 0.25) is 10.0 Å². The molecular weight excluding hydrogens is 597 g/mol. The Labute approximate surface area is 251 Å². The van der Waals surface area contributed by atoms with Gasteiger partial charge in [-0.2, -0.15) is 5.10 Å². The Hall–Kier alpha value is -4.70. The average molecular weight is 618 g/mol. The van der Waals surface area contributed by atoms with E-state index in [2.05, 4.69) is 15.2 Å². The van der Waals surface area contributed by atoms with Crippen LogP contribution in [0, 0.1) is 0 Å². The van der Waals surface area contributed by atoms with E-state index < -0.39 is 21.9 Å². The number of hydrogen-bond donors (Lipinski definition) is 2. The Kier molecular flexibility index (Phi) is 8.53. The molecule has 0 atom stereocenters. The molecule has 5 aromatic carbocycles. The predicted octanol–water partition coefficient (Wildman–Crippen LogP) is 6.93. The number of fused-ring (bicyclic) bond motifs is 1. The molecule has 0 radical (unpaired) electrons. The number of sulfonamides is 1. The number of hydrogen-bond acceptors (Lipinski definition) is 6. The third-order valence-corrected chi connectivity index (χ3v) is 8.09. The number of nitrogens with zero attached hydrogens (tertiary/aromatic N) is 1. The largest absolute Gasteiger partial charge is 0.422 e.